The van der Waals surface area contributed by atoms with Crippen LogP contribution in [0.3, 0.4) is 0 Å². The summed E-state index contributed by atoms with van der Waals surface area (Å²) in [4.78, 5) is 64.4. The molecular weight excluding hydrogens is 430 g/mol. The normalized spacial score (nSPS) is 30.3. The lowest BCUT2D eigenvalue weighted by Gasteiger charge is -2.50. The molecule has 3 aliphatic rings. The Morgan fingerprint density at radius 3 is 2.47 bits per heavy atom. The number of likely N-dealkylation sites (tertiary alicyclic amines) is 1. The van der Waals surface area contributed by atoms with E-state index in [4.69, 9.17) is 9.16 Å². The molecule has 3 rings (SSSR count). The zero-order chi connectivity index (χ0) is 22.5. The van der Waals surface area contributed by atoms with Gasteiger partial charge in [0.25, 0.3) is 5.91 Å². The van der Waals surface area contributed by atoms with E-state index >= 15 is 0 Å². The summed E-state index contributed by atoms with van der Waals surface area (Å²) in [6.07, 6.45) is -2.26. The van der Waals surface area contributed by atoms with Crippen molar-refractivity contribution in [2.45, 2.75) is 69.6 Å². The number of amides is 4. The van der Waals surface area contributed by atoms with E-state index < -0.39 is 67.6 Å². The summed E-state index contributed by atoms with van der Waals surface area (Å²) in [5.74, 6) is -2.78. The fourth-order valence-electron chi connectivity index (χ4n) is 3.40. The first-order valence-corrected chi connectivity index (χ1v) is 13.8. The summed E-state index contributed by atoms with van der Waals surface area (Å²) in [7, 11) is -2.26. The minimum atomic E-state index is -2.26. The molecule has 4 amide bonds. The Labute approximate surface area is 179 Å². The van der Waals surface area contributed by atoms with Gasteiger partial charge < -0.3 is 19.4 Å². The van der Waals surface area contributed by atoms with Gasteiger partial charge in [-0.3, -0.25) is 24.0 Å². The van der Waals surface area contributed by atoms with Gasteiger partial charge in [-0.25, -0.2) is 4.31 Å². The number of hydrogen-bond acceptors (Lipinski definition) is 8. The largest absolute Gasteiger partial charge is 0.518 e. The Balaban J connectivity index is 1.94. The molecule has 0 spiro atoms. The van der Waals surface area contributed by atoms with Crippen LogP contribution in [0.2, 0.25) is 19.6 Å². The zero-order valence-corrected chi connectivity index (χ0v) is 19.3. The van der Waals surface area contributed by atoms with Gasteiger partial charge in [-0.15, -0.1) is 0 Å². The molecule has 2 bridgehead atoms. The summed E-state index contributed by atoms with van der Waals surface area (Å²) in [6.45, 7) is 12.4. The van der Waals surface area contributed by atoms with Gasteiger partial charge in [-0.2, -0.15) is 0 Å². The number of carbonyl (C=O) groups excluding carboxylic acids is 5. The van der Waals surface area contributed by atoms with E-state index in [1.807, 2.05) is 19.6 Å². The number of hydrogen-bond donors (Lipinski definition) is 1. The molecule has 1 N–H and O–H groups in total. The SMILES string of the molecule is C=C(C)C(C(=O)O[Si](C)(C)C)N1C(=O)C2NC(=O)C(C)OC3CC(=O)N(SC21)C3=O. The molecule has 0 saturated carbocycles. The Kier molecular flexibility index (Phi) is 5.86. The third-order valence-corrected chi connectivity index (χ3v) is 6.89. The van der Waals surface area contributed by atoms with Crippen molar-refractivity contribution in [2.24, 2.45) is 0 Å². The third kappa shape index (κ3) is 4.03. The van der Waals surface area contributed by atoms with Crippen molar-refractivity contribution in [1.82, 2.24) is 14.5 Å². The second-order valence-corrected chi connectivity index (χ2v) is 14.0. The van der Waals surface area contributed by atoms with E-state index in [0.29, 0.717) is 5.57 Å². The van der Waals surface area contributed by atoms with E-state index in [9.17, 15) is 24.0 Å². The first kappa shape index (κ1) is 22.5. The zero-order valence-electron chi connectivity index (χ0n) is 17.5. The van der Waals surface area contributed by atoms with Crippen LogP contribution in [0.15, 0.2) is 12.2 Å². The predicted octanol–water partition coefficient (Wildman–Crippen LogP) is 0.157. The highest BCUT2D eigenvalue weighted by atomic mass is 32.2. The molecule has 0 aromatic carbocycles. The van der Waals surface area contributed by atoms with E-state index in [2.05, 4.69) is 11.9 Å². The van der Waals surface area contributed by atoms with Crippen molar-refractivity contribution in [3.63, 3.8) is 0 Å². The lowest BCUT2D eigenvalue weighted by atomic mass is 9.99. The van der Waals surface area contributed by atoms with Crippen LogP contribution in [0.4, 0.5) is 0 Å². The molecule has 3 aliphatic heterocycles. The molecule has 0 aromatic heterocycles. The molecule has 3 fully saturated rings. The van der Waals surface area contributed by atoms with Gasteiger partial charge in [0.05, 0.1) is 6.42 Å². The molecule has 0 radical (unpaired) electrons. The maximum atomic E-state index is 12.9. The summed E-state index contributed by atoms with van der Waals surface area (Å²) in [5.41, 5.74) is 0.378. The van der Waals surface area contributed by atoms with Crippen LogP contribution in [0.5, 0.6) is 0 Å². The van der Waals surface area contributed by atoms with Crippen LogP contribution in [-0.4, -0.2) is 76.8 Å². The summed E-state index contributed by atoms with van der Waals surface area (Å²) in [6, 6.07) is -2.11. The van der Waals surface area contributed by atoms with Gasteiger partial charge in [0, 0.05) is 0 Å². The van der Waals surface area contributed by atoms with Crippen molar-refractivity contribution in [3.05, 3.63) is 12.2 Å². The average molecular weight is 456 g/mol. The van der Waals surface area contributed by atoms with Crippen molar-refractivity contribution in [3.8, 4) is 0 Å². The maximum absolute atomic E-state index is 12.9. The first-order chi connectivity index (χ1) is 13.8. The molecule has 10 nitrogen and oxygen atoms in total. The number of nitrogens with zero attached hydrogens (tertiary/aromatic N) is 2. The Bertz CT molecular complexity index is 842. The molecule has 12 heteroatoms. The molecular formula is C18H25N3O7SSi. The topological polar surface area (TPSA) is 122 Å². The Morgan fingerprint density at radius 1 is 1.27 bits per heavy atom. The predicted molar refractivity (Wildman–Crippen MR) is 109 cm³/mol. The highest BCUT2D eigenvalue weighted by molar-refractivity contribution is 7.98. The second-order valence-electron chi connectivity index (χ2n) is 8.51. The molecule has 3 saturated heterocycles. The molecule has 30 heavy (non-hydrogen) atoms. The average Bonchev–Trinajstić information content (AvgIpc) is 2.86. The third-order valence-electron chi connectivity index (χ3n) is 4.77. The monoisotopic (exact) mass is 455 g/mol. The van der Waals surface area contributed by atoms with Crippen LogP contribution in [-0.2, 0) is 33.1 Å². The number of carbonyl (C=O) groups is 5. The minimum Gasteiger partial charge on any atom is -0.518 e. The highest BCUT2D eigenvalue weighted by Gasteiger charge is 2.58. The van der Waals surface area contributed by atoms with E-state index in [-0.39, 0.29) is 6.42 Å². The molecule has 0 aromatic rings. The lowest BCUT2D eigenvalue weighted by Crippen LogP contribution is -2.74. The van der Waals surface area contributed by atoms with Crippen molar-refractivity contribution in [1.29, 1.82) is 0 Å². The number of ether oxygens (including phenoxy) is 1. The quantitative estimate of drug-likeness (QED) is 0.209. The van der Waals surface area contributed by atoms with Crippen LogP contribution in [0, 0.1) is 0 Å². The molecule has 5 unspecified atom stereocenters. The first-order valence-electron chi connectivity index (χ1n) is 9.51. The van der Waals surface area contributed by atoms with Gasteiger partial charge in [0.2, 0.25) is 26.0 Å². The van der Waals surface area contributed by atoms with E-state index in [0.717, 1.165) is 16.3 Å². The lowest BCUT2D eigenvalue weighted by molar-refractivity contribution is -0.161. The molecule has 3 heterocycles. The summed E-state index contributed by atoms with van der Waals surface area (Å²) < 4.78 is 11.9. The number of fused-ring (bicyclic) bond motifs is 3. The molecule has 5 atom stereocenters. The Hall–Kier alpha value is -2.18. The van der Waals surface area contributed by atoms with Crippen molar-refractivity contribution >= 4 is 49.9 Å². The van der Waals surface area contributed by atoms with Crippen molar-refractivity contribution < 1.29 is 33.1 Å². The summed E-state index contributed by atoms with van der Waals surface area (Å²) >= 11 is 0.799. The molecule has 0 aliphatic carbocycles. The van der Waals surface area contributed by atoms with E-state index in [1.54, 1.807) is 6.92 Å². The van der Waals surface area contributed by atoms with Crippen molar-refractivity contribution in [2.75, 3.05) is 0 Å². The smallest absolute Gasteiger partial charge is 0.319 e. The highest BCUT2D eigenvalue weighted by Crippen LogP contribution is 2.39. The minimum absolute atomic E-state index is 0.184. The standard InChI is InChI=1S/C18H25N3O7SSi/c1-8(2)13(18(26)28-30(4,5)6)20-16(25)12-17(20)29-21-11(22)7-10(15(21)24)27-9(3)14(23)19-12/h9-10,12-13,17H,1,7H2,2-6H3,(H,19,23). The van der Waals surface area contributed by atoms with Crippen LogP contribution in [0.25, 0.3) is 0 Å². The van der Waals surface area contributed by atoms with Crippen LogP contribution in [0.1, 0.15) is 20.3 Å². The van der Waals surface area contributed by atoms with Crippen LogP contribution >= 0.6 is 11.9 Å². The van der Waals surface area contributed by atoms with Gasteiger partial charge in [-0.05, 0) is 51.0 Å². The van der Waals surface area contributed by atoms with Gasteiger partial charge >= 0.3 is 5.97 Å². The number of β-lactam (4-membered cyclic amide) rings is 1. The van der Waals surface area contributed by atoms with E-state index in [1.165, 1.54) is 11.8 Å². The summed E-state index contributed by atoms with van der Waals surface area (Å²) in [5, 5.41) is 1.74. The number of rotatable bonds is 4. The van der Waals surface area contributed by atoms with Gasteiger partial charge in [0.1, 0.15) is 23.6 Å². The van der Waals surface area contributed by atoms with Crippen LogP contribution < -0.4 is 5.32 Å². The molecule has 164 valence electrons. The maximum Gasteiger partial charge on any atom is 0.319 e. The van der Waals surface area contributed by atoms with Gasteiger partial charge in [0.15, 0.2) is 6.04 Å². The number of imide groups is 1. The number of nitrogens with one attached hydrogen (secondary N) is 1. The Morgan fingerprint density at radius 2 is 1.90 bits per heavy atom. The fourth-order valence-corrected chi connectivity index (χ4v) is 5.38. The fraction of sp³-hybridized carbons (Fsp3) is 0.611. The second kappa shape index (κ2) is 7.82. The van der Waals surface area contributed by atoms with Gasteiger partial charge in [-0.1, -0.05) is 6.58 Å².